The molecule has 0 radical (unpaired) electrons. The molecule has 1 aromatic rings. The van der Waals surface area contributed by atoms with Crippen molar-refractivity contribution in [1.82, 2.24) is 10.2 Å². The summed E-state index contributed by atoms with van der Waals surface area (Å²) in [7, 11) is 0. The molecule has 5 nitrogen and oxygen atoms in total. The molecule has 2 amide bonds. The lowest BCUT2D eigenvalue weighted by Gasteiger charge is -2.48. The van der Waals surface area contributed by atoms with E-state index in [0.29, 0.717) is 30.1 Å². The number of hydrogen-bond acceptors (Lipinski definition) is 3. The lowest BCUT2D eigenvalue weighted by atomic mass is 9.82. The summed E-state index contributed by atoms with van der Waals surface area (Å²) in [6.07, 6.45) is 7.77. The van der Waals surface area contributed by atoms with Gasteiger partial charge in [-0.2, -0.15) is 0 Å². The van der Waals surface area contributed by atoms with Crippen LogP contribution in [0.25, 0.3) is 0 Å². The van der Waals surface area contributed by atoms with E-state index in [0.717, 1.165) is 19.4 Å². The zero-order chi connectivity index (χ0) is 17.6. The predicted molar refractivity (Wildman–Crippen MR) is 101 cm³/mol. The summed E-state index contributed by atoms with van der Waals surface area (Å²) in [5, 5.41) is 6.11. The lowest BCUT2D eigenvalue weighted by Crippen LogP contribution is -2.57. The fourth-order valence-electron chi connectivity index (χ4n) is 4.24. The first-order chi connectivity index (χ1) is 12.2. The minimum Gasteiger partial charge on any atom is -0.492 e. The van der Waals surface area contributed by atoms with Crippen molar-refractivity contribution in [3.8, 4) is 5.75 Å². The molecule has 1 aromatic carbocycles. The lowest BCUT2D eigenvalue weighted by molar-refractivity contribution is 0.0375. The first kappa shape index (κ1) is 17.8. The third kappa shape index (κ3) is 4.34. The van der Waals surface area contributed by atoms with Gasteiger partial charge in [-0.3, -0.25) is 4.90 Å². The largest absolute Gasteiger partial charge is 0.492 e. The molecule has 2 saturated heterocycles. The average Bonchev–Trinajstić information content (AvgIpc) is 2.58. The Labute approximate surface area is 150 Å². The van der Waals surface area contributed by atoms with Gasteiger partial charge in [-0.25, -0.2) is 4.79 Å². The summed E-state index contributed by atoms with van der Waals surface area (Å²) in [6, 6.07) is 8.76. The zero-order valence-corrected chi connectivity index (χ0v) is 15.0. The Hall–Kier alpha value is -2.01. The SMILES string of the molecule is C=CCN1[C@H]2CCC[C@H]1CC(NC(=O)Nc1ccccc1OCC)C2. The van der Waals surface area contributed by atoms with E-state index in [1.807, 2.05) is 37.3 Å². The third-order valence-electron chi connectivity index (χ3n) is 5.24. The second kappa shape index (κ2) is 8.39. The number of hydrogen-bond donors (Lipinski definition) is 2. The van der Waals surface area contributed by atoms with Gasteiger partial charge in [0.1, 0.15) is 5.75 Å². The van der Waals surface area contributed by atoms with Crippen LogP contribution in [0.5, 0.6) is 5.75 Å². The van der Waals surface area contributed by atoms with Gasteiger partial charge >= 0.3 is 6.03 Å². The zero-order valence-electron chi connectivity index (χ0n) is 15.0. The molecule has 2 heterocycles. The van der Waals surface area contributed by atoms with E-state index in [4.69, 9.17) is 4.74 Å². The van der Waals surface area contributed by atoms with E-state index in [9.17, 15) is 4.79 Å². The molecule has 0 aromatic heterocycles. The molecule has 3 rings (SSSR count). The molecule has 2 aliphatic rings. The predicted octanol–water partition coefficient (Wildman–Crippen LogP) is 3.78. The fraction of sp³-hybridized carbons (Fsp3) is 0.550. The molecule has 5 heteroatoms. The van der Waals surface area contributed by atoms with Crippen LogP contribution in [0.3, 0.4) is 0 Å². The van der Waals surface area contributed by atoms with Gasteiger partial charge in [-0.1, -0.05) is 24.6 Å². The van der Waals surface area contributed by atoms with E-state index in [1.165, 1.54) is 19.3 Å². The van der Waals surface area contributed by atoms with Gasteiger partial charge in [-0.05, 0) is 44.7 Å². The molecular formula is C20H29N3O2. The minimum absolute atomic E-state index is 0.146. The summed E-state index contributed by atoms with van der Waals surface area (Å²) in [6.45, 7) is 7.35. The smallest absolute Gasteiger partial charge is 0.319 e. The Balaban J connectivity index is 1.58. The molecule has 0 saturated carbocycles. The van der Waals surface area contributed by atoms with Crippen LogP contribution in [-0.2, 0) is 0 Å². The van der Waals surface area contributed by atoms with Crippen LogP contribution in [0.4, 0.5) is 10.5 Å². The van der Waals surface area contributed by atoms with Gasteiger partial charge in [0.2, 0.25) is 0 Å². The molecule has 2 fully saturated rings. The van der Waals surface area contributed by atoms with Crippen molar-refractivity contribution in [2.45, 2.75) is 57.2 Å². The number of nitrogens with one attached hydrogen (secondary N) is 2. The van der Waals surface area contributed by atoms with Crippen LogP contribution in [0, 0.1) is 0 Å². The van der Waals surface area contributed by atoms with Crippen LogP contribution >= 0.6 is 0 Å². The van der Waals surface area contributed by atoms with Crippen molar-refractivity contribution in [2.24, 2.45) is 0 Å². The highest BCUT2D eigenvalue weighted by atomic mass is 16.5. The maximum atomic E-state index is 12.5. The third-order valence-corrected chi connectivity index (χ3v) is 5.24. The summed E-state index contributed by atoms with van der Waals surface area (Å²) in [4.78, 5) is 15.0. The highest BCUT2D eigenvalue weighted by Crippen LogP contribution is 2.34. The number of anilines is 1. The van der Waals surface area contributed by atoms with Crippen molar-refractivity contribution in [2.75, 3.05) is 18.5 Å². The first-order valence-electron chi connectivity index (χ1n) is 9.37. The topological polar surface area (TPSA) is 53.6 Å². The van der Waals surface area contributed by atoms with Crippen LogP contribution in [0.1, 0.15) is 39.0 Å². The van der Waals surface area contributed by atoms with E-state index in [-0.39, 0.29) is 12.1 Å². The minimum atomic E-state index is -0.146. The van der Waals surface area contributed by atoms with Gasteiger partial charge < -0.3 is 15.4 Å². The van der Waals surface area contributed by atoms with Gasteiger partial charge in [0.15, 0.2) is 0 Å². The Morgan fingerprint density at radius 3 is 2.72 bits per heavy atom. The van der Waals surface area contributed by atoms with Crippen molar-refractivity contribution >= 4 is 11.7 Å². The number of benzene rings is 1. The quantitative estimate of drug-likeness (QED) is 0.773. The highest BCUT2D eigenvalue weighted by molar-refractivity contribution is 5.91. The van der Waals surface area contributed by atoms with Crippen LogP contribution < -0.4 is 15.4 Å². The first-order valence-corrected chi connectivity index (χ1v) is 9.37. The van der Waals surface area contributed by atoms with Gasteiger partial charge in [-0.15, -0.1) is 6.58 Å². The van der Waals surface area contributed by atoms with Crippen LogP contribution in [0.2, 0.25) is 0 Å². The summed E-state index contributed by atoms with van der Waals surface area (Å²) < 4.78 is 5.57. The van der Waals surface area contributed by atoms with E-state index in [2.05, 4.69) is 22.1 Å². The Kier molecular flexibility index (Phi) is 5.97. The highest BCUT2D eigenvalue weighted by Gasteiger charge is 2.37. The number of nitrogens with zero attached hydrogens (tertiary/aromatic N) is 1. The number of para-hydroxylation sites is 2. The van der Waals surface area contributed by atoms with Gasteiger partial charge in [0.05, 0.1) is 12.3 Å². The molecule has 2 N–H and O–H groups in total. The summed E-state index contributed by atoms with van der Waals surface area (Å²) >= 11 is 0. The maximum absolute atomic E-state index is 12.5. The standard InChI is InChI=1S/C20H29N3O2/c1-3-12-23-16-8-7-9-17(23)14-15(13-16)21-20(24)22-18-10-5-6-11-19(18)25-4-2/h3,5-6,10-11,15-17H,1,4,7-9,12-14H2,2H3,(H2,21,22,24)/t16-,17-/m0/s1. The average molecular weight is 343 g/mol. The fourth-order valence-corrected chi connectivity index (χ4v) is 4.24. The van der Waals surface area contributed by atoms with E-state index >= 15 is 0 Å². The molecular weight excluding hydrogens is 314 g/mol. The molecule has 2 atom stereocenters. The second-order valence-corrected chi connectivity index (χ2v) is 6.92. The van der Waals surface area contributed by atoms with Crippen LogP contribution in [0.15, 0.2) is 36.9 Å². The number of carbonyl (C=O) groups excluding carboxylic acids is 1. The molecule has 136 valence electrons. The normalized spacial score (nSPS) is 25.9. The Bertz CT molecular complexity index is 590. The van der Waals surface area contributed by atoms with Crippen LogP contribution in [-0.4, -0.2) is 42.2 Å². The Morgan fingerprint density at radius 2 is 2.04 bits per heavy atom. The number of urea groups is 1. The number of carbonyl (C=O) groups is 1. The molecule has 0 spiro atoms. The molecule has 2 aliphatic heterocycles. The van der Waals surface area contributed by atoms with E-state index in [1.54, 1.807) is 0 Å². The Morgan fingerprint density at radius 1 is 1.32 bits per heavy atom. The van der Waals surface area contributed by atoms with Crippen molar-refractivity contribution in [3.05, 3.63) is 36.9 Å². The number of piperidine rings is 2. The second-order valence-electron chi connectivity index (χ2n) is 6.92. The summed E-state index contributed by atoms with van der Waals surface area (Å²) in [5.41, 5.74) is 0.714. The number of rotatable bonds is 6. The number of fused-ring (bicyclic) bond motifs is 2. The van der Waals surface area contributed by atoms with Crippen molar-refractivity contribution in [3.63, 3.8) is 0 Å². The van der Waals surface area contributed by atoms with E-state index < -0.39 is 0 Å². The van der Waals surface area contributed by atoms with Gasteiger partial charge in [0, 0.05) is 24.7 Å². The molecule has 2 bridgehead atoms. The molecule has 0 unspecified atom stereocenters. The number of amides is 2. The molecule has 25 heavy (non-hydrogen) atoms. The maximum Gasteiger partial charge on any atom is 0.319 e. The van der Waals surface area contributed by atoms with Crippen molar-refractivity contribution < 1.29 is 9.53 Å². The number of ether oxygens (including phenoxy) is 1. The monoisotopic (exact) mass is 343 g/mol. The van der Waals surface area contributed by atoms with Crippen molar-refractivity contribution in [1.29, 1.82) is 0 Å². The summed E-state index contributed by atoms with van der Waals surface area (Å²) in [5.74, 6) is 0.706. The van der Waals surface area contributed by atoms with Gasteiger partial charge in [0.25, 0.3) is 0 Å². The molecule has 0 aliphatic carbocycles.